The molecule has 4 N–H and O–H groups in total. The topological polar surface area (TPSA) is 93.4 Å². The van der Waals surface area contributed by atoms with E-state index in [1.54, 1.807) is 7.11 Å². The van der Waals surface area contributed by atoms with Gasteiger partial charge in [-0.3, -0.25) is 0 Å². The molecular formula is C8H19N3O3S2. The first-order valence-electron chi connectivity index (χ1n) is 4.97. The molecule has 16 heavy (non-hydrogen) atoms. The summed E-state index contributed by atoms with van der Waals surface area (Å²) in [4.78, 5) is 0. The summed E-state index contributed by atoms with van der Waals surface area (Å²) in [7, 11) is -1.72. The lowest BCUT2D eigenvalue weighted by molar-refractivity contribution is 0.195. The largest absolute Gasteiger partial charge is 0.385 e. The second-order valence-corrected chi connectivity index (χ2v) is 5.39. The van der Waals surface area contributed by atoms with E-state index in [-0.39, 0.29) is 5.75 Å². The minimum Gasteiger partial charge on any atom is -0.385 e. The third-order valence-corrected chi connectivity index (χ3v) is 2.85. The van der Waals surface area contributed by atoms with E-state index in [0.717, 1.165) is 13.0 Å². The van der Waals surface area contributed by atoms with Gasteiger partial charge in [0, 0.05) is 26.8 Å². The van der Waals surface area contributed by atoms with Gasteiger partial charge in [0.25, 0.3) is 0 Å². The summed E-state index contributed by atoms with van der Waals surface area (Å²) >= 11 is 4.97. The van der Waals surface area contributed by atoms with E-state index in [9.17, 15) is 8.42 Å². The van der Waals surface area contributed by atoms with Gasteiger partial charge in [-0.15, -0.1) is 0 Å². The van der Waals surface area contributed by atoms with Crippen molar-refractivity contribution in [3.63, 3.8) is 0 Å². The van der Waals surface area contributed by atoms with Crippen LogP contribution in [-0.4, -0.2) is 46.1 Å². The zero-order chi connectivity index (χ0) is 12.4. The number of methoxy groups -OCH3 is 1. The molecule has 6 nitrogen and oxygen atoms in total. The summed E-state index contributed by atoms with van der Waals surface area (Å²) in [6.07, 6.45) is 1.31. The molecule has 0 saturated carbocycles. The summed E-state index contributed by atoms with van der Waals surface area (Å²) in [5.41, 5.74) is 0. The first kappa shape index (κ1) is 15.6. The predicted molar refractivity (Wildman–Crippen MR) is 67.7 cm³/mol. The number of nitrogens with two attached hydrogens (primary N) is 1. The number of nitrogens with one attached hydrogen (secondary N) is 2. The van der Waals surface area contributed by atoms with Gasteiger partial charge in [0.15, 0.2) is 5.11 Å². The number of ether oxygens (including phenoxy) is 1. The zero-order valence-corrected chi connectivity index (χ0v) is 11.0. The van der Waals surface area contributed by atoms with E-state index in [4.69, 9.17) is 22.1 Å². The molecule has 0 spiro atoms. The molecule has 0 aromatic carbocycles. The van der Waals surface area contributed by atoms with Crippen molar-refractivity contribution < 1.29 is 13.2 Å². The lowest BCUT2D eigenvalue weighted by Crippen LogP contribution is -2.37. The third-order valence-electron chi connectivity index (χ3n) is 1.70. The van der Waals surface area contributed by atoms with Crippen molar-refractivity contribution in [1.29, 1.82) is 0 Å². The molecule has 0 aliphatic rings. The number of primary sulfonamides is 1. The van der Waals surface area contributed by atoms with Crippen LogP contribution in [0.15, 0.2) is 0 Å². The number of hydrogen-bond donors (Lipinski definition) is 3. The molecular weight excluding hydrogens is 250 g/mol. The van der Waals surface area contributed by atoms with Crippen LogP contribution in [0.5, 0.6) is 0 Å². The van der Waals surface area contributed by atoms with Crippen LogP contribution < -0.4 is 15.8 Å². The molecule has 0 saturated heterocycles. The number of hydrogen-bond acceptors (Lipinski definition) is 4. The van der Waals surface area contributed by atoms with Gasteiger partial charge in [-0.25, -0.2) is 13.6 Å². The van der Waals surface area contributed by atoms with Gasteiger partial charge in [-0.05, 0) is 25.1 Å². The summed E-state index contributed by atoms with van der Waals surface area (Å²) in [5.74, 6) is -0.0354. The van der Waals surface area contributed by atoms with Crippen LogP contribution in [0.2, 0.25) is 0 Å². The Morgan fingerprint density at radius 1 is 1.31 bits per heavy atom. The molecule has 0 aliphatic heterocycles. The average molecular weight is 269 g/mol. The smallest absolute Gasteiger partial charge is 0.209 e. The van der Waals surface area contributed by atoms with E-state index in [0.29, 0.717) is 24.7 Å². The second kappa shape index (κ2) is 8.68. The number of rotatable bonds is 8. The summed E-state index contributed by atoms with van der Waals surface area (Å²) in [6.45, 7) is 1.91. The van der Waals surface area contributed by atoms with Crippen molar-refractivity contribution in [1.82, 2.24) is 10.6 Å². The molecule has 0 unspecified atom stereocenters. The van der Waals surface area contributed by atoms with Crippen LogP contribution in [0.1, 0.15) is 12.8 Å². The van der Waals surface area contributed by atoms with Crippen molar-refractivity contribution in [3.8, 4) is 0 Å². The molecule has 0 heterocycles. The molecule has 0 aromatic heterocycles. The minimum absolute atomic E-state index is 0.0354. The fourth-order valence-corrected chi connectivity index (χ4v) is 1.71. The van der Waals surface area contributed by atoms with Gasteiger partial charge in [0.2, 0.25) is 10.0 Å². The highest BCUT2D eigenvalue weighted by molar-refractivity contribution is 7.89. The van der Waals surface area contributed by atoms with Gasteiger partial charge in [-0.2, -0.15) is 0 Å². The monoisotopic (exact) mass is 269 g/mol. The van der Waals surface area contributed by atoms with Crippen molar-refractivity contribution >= 4 is 27.4 Å². The van der Waals surface area contributed by atoms with Crippen molar-refractivity contribution in [3.05, 3.63) is 0 Å². The SMILES string of the molecule is COCCCNC(=S)NCCCS(N)(=O)=O. The molecule has 0 atom stereocenters. The maximum atomic E-state index is 10.6. The quantitative estimate of drug-likeness (QED) is 0.393. The van der Waals surface area contributed by atoms with E-state index in [1.807, 2.05) is 0 Å². The van der Waals surface area contributed by atoms with E-state index in [2.05, 4.69) is 10.6 Å². The van der Waals surface area contributed by atoms with Crippen molar-refractivity contribution in [2.75, 3.05) is 32.6 Å². The van der Waals surface area contributed by atoms with E-state index in [1.165, 1.54) is 0 Å². The highest BCUT2D eigenvalue weighted by Crippen LogP contribution is 1.84. The number of thiocarbonyl (C=S) groups is 1. The molecule has 0 bridgehead atoms. The Hall–Kier alpha value is -0.440. The molecule has 0 amide bonds. The maximum Gasteiger partial charge on any atom is 0.209 e. The Morgan fingerprint density at radius 2 is 1.88 bits per heavy atom. The molecule has 0 aliphatic carbocycles. The zero-order valence-electron chi connectivity index (χ0n) is 9.36. The lowest BCUT2D eigenvalue weighted by Gasteiger charge is -2.09. The van der Waals surface area contributed by atoms with Crippen LogP contribution in [0.3, 0.4) is 0 Å². The first-order valence-corrected chi connectivity index (χ1v) is 7.09. The molecule has 0 radical (unpaired) electrons. The van der Waals surface area contributed by atoms with Crippen molar-refractivity contribution in [2.45, 2.75) is 12.8 Å². The molecule has 0 rings (SSSR count). The highest BCUT2D eigenvalue weighted by Gasteiger charge is 2.01. The summed E-state index contributed by atoms with van der Waals surface area (Å²) in [6, 6.07) is 0. The maximum absolute atomic E-state index is 10.6. The lowest BCUT2D eigenvalue weighted by atomic mass is 10.4. The second-order valence-electron chi connectivity index (χ2n) is 3.25. The van der Waals surface area contributed by atoms with Crippen molar-refractivity contribution in [2.24, 2.45) is 5.14 Å². The van der Waals surface area contributed by atoms with Gasteiger partial charge in [-0.1, -0.05) is 0 Å². The van der Waals surface area contributed by atoms with Crippen LogP contribution in [-0.2, 0) is 14.8 Å². The van der Waals surface area contributed by atoms with Gasteiger partial charge in [0.1, 0.15) is 0 Å². The molecule has 96 valence electrons. The predicted octanol–water partition coefficient (Wildman–Crippen LogP) is -0.834. The summed E-state index contributed by atoms with van der Waals surface area (Å²) < 4.78 is 26.1. The normalized spacial score (nSPS) is 11.1. The van der Waals surface area contributed by atoms with E-state index < -0.39 is 10.0 Å². The Morgan fingerprint density at radius 3 is 2.38 bits per heavy atom. The van der Waals surface area contributed by atoms with Gasteiger partial charge in [0.05, 0.1) is 5.75 Å². The first-order chi connectivity index (χ1) is 7.45. The Labute approximate surface area is 102 Å². The molecule has 8 heteroatoms. The molecule has 0 fully saturated rings. The van der Waals surface area contributed by atoms with Crippen LogP contribution in [0.25, 0.3) is 0 Å². The fraction of sp³-hybridized carbons (Fsp3) is 0.875. The van der Waals surface area contributed by atoms with Gasteiger partial charge >= 0.3 is 0 Å². The third kappa shape index (κ3) is 11.6. The Bertz CT molecular complexity index is 293. The fourth-order valence-electron chi connectivity index (χ4n) is 0.956. The minimum atomic E-state index is -3.37. The van der Waals surface area contributed by atoms with Crippen LogP contribution >= 0.6 is 12.2 Å². The Kier molecular flexibility index (Phi) is 8.44. The standard InChI is InChI=1S/C8H19N3O3S2/c1-14-6-2-4-10-8(15)11-5-3-7-16(9,12)13/h2-7H2,1H3,(H2,9,12,13)(H2,10,11,15). The van der Waals surface area contributed by atoms with Gasteiger partial charge < -0.3 is 15.4 Å². The highest BCUT2D eigenvalue weighted by atomic mass is 32.2. The summed E-state index contributed by atoms with van der Waals surface area (Å²) in [5, 5.41) is 11.2. The van der Waals surface area contributed by atoms with Crippen LogP contribution in [0.4, 0.5) is 0 Å². The Balaban J connectivity index is 3.37. The molecule has 0 aromatic rings. The van der Waals surface area contributed by atoms with E-state index >= 15 is 0 Å². The average Bonchev–Trinajstić information content (AvgIpc) is 2.18. The number of sulfonamides is 1. The van der Waals surface area contributed by atoms with Crippen LogP contribution in [0, 0.1) is 0 Å².